The normalized spacial score (nSPS) is 14.3. The van der Waals surface area contributed by atoms with Crippen molar-refractivity contribution >= 4 is 10.0 Å². The molecule has 0 spiro atoms. The maximum atomic E-state index is 12.0. The Balaban J connectivity index is 1.58. The van der Waals surface area contributed by atoms with E-state index in [-0.39, 0.29) is 11.9 Å². The van der Waals surface area contributed by atoms with Crippen molar-refractivity contribution in [1.82, 2.24) is 19.5 Å². The second-order valence-electron chi connectivity index (χ2n) is 6.88. The molecule has 2 aromatic heterocycles. The van der Waals surface area contributed by atoms with E-state index in [4.69, 9.17) is 0 Å². The molecule has 1 aliphatic carbocycles. The van der Waals surface area contributed by atoms with Crippen LogP contribution in [0.1, 0.15) is 18.4 Å². The van der Waals surface area contributed by atoms with Crippen molar-refractivity contribution in [2.24, 2.45) is 0 Å². The highest BCUT2D eigenvalue weighted by atomic mass is 32.2. The Morgan fingerprint density at radius 2 is 1.79 bits per heavy atom. The number of rotatable bonds is 8. The van der Waals surface area contributed by atoms with E-state index in [1.165, 1.54) is 0 Å². The van der Waals surface area contributed by atoms with Gasteiger partial charge in [0.05, 0.1) is 18.4 Å². The fraction of sp³-hybridized carbons (Fsp3) is 0.300. The summed E-state index contributed by atoms with van der Waals surface area (Å²) in [4.78, 5) is 4.05. The first-order valence-electron chi connectivity index (χ1n) is 9.23. The SMILES string of the molecule is O=S(=O)(NCc1ccc(-c2cn(CCO)nc2-c2ccncc2)cc1)C1CC1. The fourth-order valence-corrected chi connectivity index (χ4v) is 4.42. The molecule has 0 atom stereocenters. The van der Waals surface area contributed by atoms with Crippen LogP contribution in [0.15, 0.2) is 55.0 Å². The zero-order valence-electron chi connectivity index (χ0n) is 15.3. The molecule has 2 N–H and O–H groups in total. The summed E-state index contributed by atoms with van der Waals surface area (Å²) in [5.41, 5.74) is 4.59. The molecule has 0 aliphatic heterocycles. The Labute approximate surface area is 164 Å². The molecule has 1 aromatic carbocycles. The van der Waals surface area contributed by atoms with Crippen molar-refractivity contribution in [3.63, 3.8) is 0 Å². The van der Waals surface area contributed by atoms with Crippen LogP contribution in [-0.2, 0) is 23.1 Å². The molecule has 28 heavy (non-hydrogen) atoms. The van der Waals surface area contributed by atoms with E-state index >= 15 is 0 Å². The van der Waals surface area contributed by atoms with E-state index < -0.39 is 10.0 Å². The van der Waals surface area contributed by atoms with Crippen LogP contribution in [0.5, 0.6) is 0 Å². The number of nitrogens with one attached hydrogen (secondary N) is 1. The van der Waals surface area contributed by atoms with Crippen molar-refractivity contribution < 1.29 is 13.5 Å². The maximum Gasteiger partial charge on any atom is 0.214 e. The second-order valence-corrected chi connectivity index (χ2v) is 8.92. The molecule has 4 rings (SSSR count). The Morgan fingerprint density at radius 1 is 1.07 bits per heavy atom. The van der Waals surface area contributed by atoms with Gasteiger partial charge in [-0.25, -0.2) is 13.1 Å². The van der Waals surface area contributed by atoms with Crippen LogP contribution in [0.3, 0.4) is 0 Å². The number of nitrogens with zero attached hydrogens (tertiary/aromatic N) is 3. The Hall–Kier alpha value is -2.55. The predicted molar refractivity (Wildman–Crippen MR) is 107 cm³/mol. The predicted octanol–water partition coefficient (Wildman–Crippen LogP) is 2.19. The average molecular weight is 398 g/mol. The second kappa shape index (κ2) is 7.83. The first-order valence-corrected chi connectivity index (χ1v) is 10.8. The van der Waals surface area contributed by atoms with E-state index in [0.717, 1.165) is 40.8 Å². The van der Waals surface area contributed by atoms with Gasteiger partial charge in [-0.05, 0) is 36.1 Å². The third-order valence-corrected chi connectivity index (χ3v) is 6.65. The number of benzene rings is 1. The highest BCUT2D eigenvalue weighted by Gasteiger charge is 2.35. The molecule has 7 nitrogen and oxygen atoms in total. The van der Waals surface area contributed by atoms with Gasteiger partial charge in [0.25, 0.3) is 0 Å². The quantitative estimate of drug-likeness (QED) is 0.606. The Bertz CT molecular complexity index is 1040. The molecule has 3 aromatic rings. The molecule has 0 bridgehead atoms. The molecule has 8 heteroatoms. The van der Waals surface area contributed by atoms with Crippen LogP contribution in [0.25, 0.3) is 22.4 Å². The van der Waals surface area contributed by atoms with Crippen molar-refractivity contribution in [2.75, 3.05) is 6.61 Å². The molecular formula is C20H22N4O3S. The topological polar surface area (TPSA) is 97.1 Å². The van der Waals surface area contributed by atoms with Gasteiger partial charge in [0.2, 0.25) is 10.0 Å². The van der Waals surface area contributed by atoms with Crippen LogP contribution >= 0.6 is 0 Å². The molecular weight excluding hydrogens is 376 g/mol. The number of hydrogen-bond donors (Lipinski definition) is 2. The first kappa shape index (κ1) is 18.8. The van der Waals surface area contributed by atoms with Crippen molar-refractivity contribution in [3.05, 3.63) is 60.6 Å². The minimum absolute atomic E-state index is 0.0109. The Kier molecular flexibility index (Phi) is 5.25. The van der Waals surface area contributed by atoms with Gasteiger partial charge in [-0.3, -0.25) is 9.67 Å². The lowest BCUT2D eigenvalue weighted by molar-refractivity contribution is 0.269. The minimum Gasteiger partial charge on any atom is -0.394 e. The Morgan fingerprint density at radius 3 is 2.43 bits per heavy atom. The van der Waals surface area contributed by atoms with Crippen molar-refractivity contribution in [3.8, 4) is 22.4 Å². The molecule has 1 aliphatic rings. The third-order valence-electron chi connectivity index (χ3n) is 4.75. The number of aliphatic hydroxyl groups excluding tert-OH is 1. The monoisotopic (exact) mass is 398 g/mol. The zero-order chi connectivity index (χ0) is 19.6. The number of sulfonamides is 1. The van der Waals surface area contributed by atoms with Gasteiger partial charge in [-0.1, -0.05) is 24.3 Å². The number of aromatic nitrogens is 3. The van der Waals surface area contributed by atoms with Gasteiger partial charge < -0.3 is 5.11 Å². The van der Waals surface area contributed by atoms with E-state index in [1.54, 1.807) is 17.1 Å². The summed E-state index contributed by atoms with van der Waals surface area (Å²) in [6, 6.07) is 11.6. The lowest BCUT2D eigenvalue weighted by atomic mass is 10.0. The van der Waals surface area contributed by atoms with Crippen LogP contribution in [0.4, 0.5) is 0 Å². The number of hydrogen-bond acceptors (Lipinski definition) is 5. The minimum atomic E-state index is -3.19. The number of aliphatic hydroxyl groups is 1. The lowest BCUT2D eigenvalue weighted by Crippen LogP contribution is -2.26. The van der Waals surface area contributed by atoms with Gasteiger partial charge in [0.15, 0.2) is 0 Å². The van der Waals surface area contributed by atoms with E-state index in [1.807, 2.05) is 42.6 Å². The smallest absolute Gasteiger partial charge is 0.214 e. The van der Waals surface area contributed by atoms with Crippen molar-refractivity contribution in [1.29, 1.82) is 0 Å². The van der Waals surface area contributed by atoms with Gasteiger partial charge in [0, 0.05) is 36.3 Å². The van der Waals surface area contributed by atoms with Gasteiger partial charge in [-0.2, -0.15) is 5.10 Å². The largest absolute Gasteiger partial charge is 0.394 e. The summed E-state index contributed by atoms with van der Waals surface area (Å²) < 4.78 is 28.3. The summed E-state index contributed by atoms with van der Waals surface area (Å²) in [5.74, 6) is 0. The van der Waals surface area contributed by atoms with E-state index in [2.05, 4.69) is 14.8 Å². The van der Waals surface area contributed by atoms with Gasteiger partial charge in [0.1, 0.15) is 5.69 Å². The molecule has 0 radical (unpaired) electrons. The number of pyridine rings is 1. The van der Waals surface area contributed by atoms with E-state index in [0.29, 0.717) is 13.1 Å². The molecule has 1 saturated carbocycles. The van der Waals surface area contributed by atoms with E-state index in [9.17, 15) is 13.5 Å². The molecule has 1 fully saturated rings. The highest BCUT2D eigenvalue weighted by molar-refractivity contribution is 7.90. The summed E-state index contributed by atoms with van der Waals surface area (Å²) in [5, 5.41) is 13.6. The molecule has 0 unspecified atom stereocenters. The molecule has 0 saturated heterocycles. The highest BCUT2D eigenvalue weighted by Crippen LogP contribution is 2.31. The zero-order valence-corrected chi connectivity index (χ0v) is 16.1. The fourth-order valence-electron chi connectivity index (χ4n) is 3.05. The van der Waals surface area contributed by atoms with Crippen LogP contribution in [0.2, 0.25) is 0 Å². The van der Waals surface area contributed by atoms with Crippen LogP contribution in [-0.4, -0.2) is 40.1 Å². The molecule has 146 valence electrons. The van der Waals surface area contributed by atoms with Crippen LogP contribution in [0, 0.1) is 0 Å². The molecule has 2 heterocycles. The molecule has 0 amide bonds. The van der Waals surface area contributed by atoms with Crippen LogP contribution < -0.4 is 4.72 Å². The summed E-state index contributed by atoms with van der Waals surface area (Å²) >= 11 is 0. The average Bonchev–Trinajstić information content (AvgIpc) is 3.50. The third kappa shape index (κ3) is 4.14. The lowest BCUT2D eigenvalue weighted by Gasteiger charge is -2.07. The standard InChI is InChI=1S/C20H22N4O3S/c25-12-11-24-14-19(20(23-24)17-7-9-21-10-8-17)16-3-1-15(2-4-16)13-22-28(26,27)18-5-6-18/h1-4,7-10,14,18,22,25H,5-6,11-13H2. The summed E-state index contributed by atoms with van der Waals surface area (Å²) in [6.45, 7) is 0.718. The van der Waals surface area contributed by atoms with Gasteiger partial charge in [-0.15, -0.1) is 0 Å². The summed E-state index contributed by atoms with van der Waals surface area (Å²) in [7, 11) is -3.19. The first-order chi connectivity index (χ1) is 13.6. The maximum absolute atomic E-state index is 12.0. The van der Waals surface area contributed by atoms with Gasteiger partial charge >= 0.3 is 0 Å². The summed E-state index contributed by atoms with van der Waals surface area (Å²) in [6.07, 6.45) is 6.86. The van der Waals surface area contributed by atoms with Crippen molar-refractivity contribution in [2.45, 2.75) is 31.2 Å².